The first kappa shape index (κ1) is 22.9. The minimum Gasteiger partial charge on any atom is -0.454 e. The van der Waals surface area contributed by atoms with Gasteiger partial charge in [0.05, 0.1) is 11.5 Å². The van der Waals surface area contributed by atoms with E-state index in [0.29, 0.717) is 6.42 Å². The number of carbonyl (C=O) groups is 1. The molecule has 0 radical (unpaired) electrons. The fourth-order valence-electron chi connectivity index (χ4n) is 9.57. The number of ether oxygens (including phenoxy) is 2. The van der Waals surface area contributed by atoms with Crippen molar-refractivity contribution in [2.45, 2.75) is 94.3 Å². The Kier molecular flexibility index (Phi) is 3.98. The van der Waals surface area contributed by atoms with Crippen LogP contribution in [0.4, 0.5) is 0 Å². The summed E-state index contributed by atoms with van der Waals surface area (Å²) in [4.78, 5) is 15.9. The summed E-state index contributed by atoms with van der Waals surface area (Å²) >= 11 is 0. The lowest BCUT2D eigenvalue weighted by molar-refractivity contribution is -0.385. The highest BCUT2D eigenvalue weighted by Crippen LogP contribution is 2.89. The van der Waals surface area contributed by atoms with Gasteiger partial charge in [0.15, 0.2) is 11.4 Å². The molecule has 4 aliphatic carbocycles. The minimum atomic E-state index is -2.08. The van der Waals surface area contributed by atoms with Crippen molar-refractivity contribution in [3.05, 3.63) is 24.0 Å². The molecule has 7 rings (SSSR count). The summed E-state index contributed by atoms with van der Waals surface area (Å²) in [5.41, 5.74) is -10.5. The smallest absolute Gasteiger partial charge is 0.355 e. The van der Waals surface area contributed by atoms with E-state index in [9.17, 15) is 30.3 Å². The third kappa shape index (κ3) is 1.74. The van der Waals surface area contributed by atoms with Gasteiger partial charge in [0.2, 0.25) is 0 Å². The number of esters is 1. The zero-order valence-electron chi connectivity index (χ0n) is 20.2. The standard InChI is InChI=1S/C25H35NO8/c1-12(2)23(31)17(33-18(28)14-7-6-10-26-14)15-19(4)11-22(30)20(23,5)24(15,32)25(34-22)16(27)13(3)8-9-21(19,25)29/h6-7,10,12-13,15-17,26-27,29-32H,8-9,11H2,1-5H3. The average Bonchev–Trinajstić information content (AvgIpc) is 3.39. The van der Waals surface area contributed by atoms with Crippen LogP contribution < -0.4 is 0 Å². The third-order valence-corrected chi connectivity index (χ3v) is 11.1. The molecule has 6 aliphatic rings. The van der Waals surface area contributed by atoms with Gasteiger partial charge >= 0.3 is 5.97 Å². The topological polar surface area (TPSA) is 152 Å². The van der Waals surface area contributed by atoms with Gasteiger partial charge in [0.25, 0.3) is 0 Å². The van der Waals surface area contributed by atoms with Crippen molar-refractivity contribution < 1.29 is 39.8 Å². The van der Waals surface area contributed by atoms with Gasteiger partial charge in [0, 0.05) is 24.0 Å². The molecule has 3 heterocycles. The molecule has 9 nitrogen and oxygen atoms in total. The first-order valence-corrected chi connectivity index (χ1v) is 12.3. The van der Waals surface area contributed by atoms with Gasteiger partial charge in [-0.15, -0.1) is 0 Å². The molecular formula is C25H35NO8. The normalized spacial score (nSPS) is 59.0. The number of nitrogens with one attached hydrogen (secondary N) is 1. The molecular weight excluding hydrogens is 442 g/mol. The SMILES string of the molecule is CC1CCC2(O)C3(C)CC4(O)OC2(C1O)C1(O)C3C(OC(=O)c2ccc[nH]2)C(O)(C(C)C)C41C. The van der Waals surface area contributed by atoms with Crippen LogP contribution in [0, 0.1) is 28.6 Å². The van der Waals surface area contributed by atoms with Crippen LogP contribution in [0.5, 0.6) is 0 Å². The molecule has 4 saturated carbocycles. The van der Waals surface area contributed by atoms with Gasteiger partial charge in [-0.2, -0.15) is 0 Å². The van der Waals surface area contributed by atoms with Crippen molar-refractivity contribution in [2.75, 3.05) is 0 Å². The summed E-state index contributed by atoms with van der Waals surface area (Å²) in [5.74, 6) is -4.68. The summed E-state index contributed by atoms with van der Waals surface area (Å²) < 4.78 is 12.3. The lowest BCUT2D eigenvalue weighted by Gasteiger charge is -2.60. The van der Waals surface area contributed by atoms with E-state index < -0.39 is 69.0 Å². The highest BCUT2D eigenvalue weighted by atomic mass is 16.7. The summed E-state index contributed by atoms with van der Waals surface area (Å²) in [5, 5.41) is 61.2. The van der Waals surface area contributed by atoms with Gasteiger partial charge in [-0.05, 0) is 43.7 Å². The van der Waals surface area contributed by atoms with Crippen LogP contribution in [-0.2, 0) is 9.47 Å². The fraction of sp³-hybridized carbons (Fsp3) is 0.800. The molecule has 34 heavy (non-hydrogen) atoms. The second kappa shape index (κ2) is 5.90. The second-order valence-electron chi connectivity index (χ2n) is 12.3. The van der Waals surface area contributed by atoms with Crippen LogP contribution in [0.15, 0.2) is 18.3 Å². The van der Waals surface area contributed by atoms with Crippen LogP contribution in [0.25, 0.3) is 0 Å². The molecule has 0 aromatic carbocycles. The van der Waals surface area contributed by atoms with E-state index in [0.717, 1.165) is 0 Å². The van der Waals surface area contributed by atoms with E-state index in [1.165, 1.54) is 0 Å². The Hall–Kier alpha value is -1.49. The number of carbonyl (C=O) groups excluding carboxylic acids is 1. The van der Waals surface area contributed by atoms with Gasteiger partial charge in [-0.3, -0.25) is 0 Å². The molecule has 11 unspecified atom stereocenters. The Balaban J connectivity index is 1.64. The average molecular weight is 478 g/mol. The molecule has 6 fully saturated rings. The monoisotopic (exact) mass is 477 g/mol. The third-order valence-electron chi connectivity index (χ3n) is 11.1. The van der Waals surface area contributed by atoms with Crippen LogP contribution in [-0.4, -0.2) is 76.9 Å². The van der Waals surface area contributed by atoms with E-state index >= 15 is 0 Å². The Morgan fingerprint density at radius 2 is 1.91 bits per heavy atom. The number of aromatic amines is 1. The van der Waals surface area contributed by atoms with Gasteiger partial charge in [-0.1, -0.05) is 27.7 Å². The van der Waals surface area contributed by atoms with Crippen molar-refractivity contribution in [1.82, 2.24) is 4.98 Å². The minimum absolute atomic E-state index is 0.0750. The number of aliphatic hydroxyl groups is 5. The number of hydrogen-bond acceptors (Lipinski definition) is 8. The van der Waals surface area contributed by atoms with Gasteiger partial charge < -0.3 is 40.0 Å². The molecule has 1 aromatic rings. The maximum absolute atomic E-state index is 13.1. The molecule has 2 saturated heterocycles. The summed E-state index contributed by atoms with van der Waals surface area (Å²) in [6.07, 6.45) is -0.327. The largest absolute Gasteiger partial charge is 0.454 e. The number of aliphatic hydroxyl groups excluding tert-OH is 1. The molecule has 1 spiro atoms. The van der Waals surface area contributed by atoms with E-state index in [1.807, 2.05) is 6.92 Å². The van der Waals surface area contributed by atoms with Gasteiger partial charge in [-0.25, -0.2) is 4.79 Å². The second-order valence-corrected chi connectivity index (χ2v) is 12.3. The summed E-state index contributed by atoms with van der Waals surface area (Å²) in [7, 11) is 0. The Bertz CT molecular complexity index is 1080. The van der Waals surface area contributed by atoms with Crippen LogP contribution in [0.1, 0.15) is 64.4 Å². The van der Waals surface area contributed by atoms with Crippen molar-refractivity contribution in [1.29, 1.82) is 0 Å². The van der Waals surface area contributed by atoms with Gasteiger partial charge in [0.1, 0.15) is 28.6 Å². The summed E-state index contributed by atoms with van der Waals surface area (Å²) in [6, 6.07) is 3.20. The number of H-pyrrole nitrogens is 1. The Labute approximate surface area is 198 Å². The molecule has 6 N–H and O–H groups in total. The molecule has 2 aliphatic heterocycles. The molecule has 188 valence electrons. The Morgan fingerprint density at radius 3 is 2.50 bits per heavy atom. The van der Waals surface area contributed by atoms with Crippen LogP contribution in [0.2, 0.25) is 0 Å². The lowest BCUT2D eigenvalue weighted by Crippen LogP contribution is -2.75. The number of aromatic nitrogens is 1. The zero-order valence-corrected chi connectivity index (χ0v) is 20.2. The maximum Gasteiger partial charge on any atom is 0.355 e. The zero-order chi connectivity index (χ0) is 24.9. The predicted octanol–water partition coefficient (Wildman–Crippen LogP) is 0.697. The molecule has 0 amide bonds. The lowest BCUT2D eigenvalue weighted by atomic mass is 9.54. The van der Waals surface area contributed by atoms with E-state index in [-0.39, 0.29) is 24.5 Å². The highest BCUT2D eigenvalue weighted by molar-refractivity contribution is 5.87. The van der Waals surface area contributed by atoms with E-state index in [1.54, 1.807) is 46.0 Å². The van der Waals surface area contributed by atoms with Crippen molar-refractivity contribution >= 4 is 5.97 Å². The maximum atomic E-state index is 13.1. The van der Waals surface area contributed by atoms with E-state index in [4.69, 9.17) is 9.47 Å². The van der Waals surface area contributed by atoms with Crippen molar-refractivity contribution in [3.63, 3.8) is 0 Å². The van der Waals surface area contributed by atoms with Crippen molar-refractivity contribution in [3.8, 4) is 0 Å². The van der Waals surface area contributed by atoms with Crippen molar-refractivity contribution in [2.24, 2.45) is 28.6 Å². The first-order valence-electron chi connectivity index (χ1n) is 12.3. The Morgan fingerprint density at radius 1 is 1.24 bits per heavy atom. The molecule has 6 bridgehead atoms. The molecule has 11 atom stereocenters. The number of rotatable bonds is 3. The number of hydrogen-bond donors (Lipinski definition) is 6. The molecule has 1 aromatic heterocycles. The van der Waals surface area contributed by atoms with Crippen LogP contribution in [0.3, 0.4) is 0 Å². The highest BCUT2D eigenvalue weighted by Gasteiger charge is 3.05. The molecule has 9 heteroatoms. The first-order chi connectivity index (χ1) is 15.6. The van der Waals surface area contributed by atoms with E-state index in [2.05, 4.69) is 4.98 Å². The quantitative estimate of drug-likeness (QED) is 0.348. The fourth-order valence-corrected chi connectivity index (χ4v) is 9.57. The van der Waals surface area contributed by atoms with Crippen LogP contribution >= 0.6 is 0 Å². The predicted molar refractivity (Wildman–Crippen MR) is 117 cm³/mol. The summed E-state index contributed by atoms with van der Waals surface area (Å²) in [6.45, 7) is 8.60.